The Morgan fingerprint density at radius 3 is 2.70 bits per heavy atom. The molecule has 2 heterocycles. The number of carbonyl (C=O) groups is 1. The number of ether oxygens (including phenoxy) is 1. The van der Waals surface area contributed by atoms with Gasteiger partial charge in [-0.3, -0.25) is 9.20 Å². The summed E-state index contributed by atoms with van der Waals surface area (Å²) in [5, 5.41) is 8.52. The molecule has 0 unspecified atom stereocenters. The van der Waals surface area contributed by atoms with Crippen LogP contribution in [0.4, 0.5) is 11.5 Å². The Hall–Kier alpha value is -3.02. The standard InChI is InChI=1S/C17H16N4O2/c1-2-23-16(22)12-14-17(20-19-13-8-4-3-5-9-13)21-11-7-6-10-15(21)18-14/h3-11H,2,12H2,1H3. The number of benzene rings is 1. The fraction of sp³-hybridized carbons (Fsp3) is 0.176. The largest absolute Gasteiger partial charge is 0.466 e. The van der Waals surface area contributed by atoms with Gasteiger partial charge >= 0.3 is 5.97 Å². The fourth-order valence-electron chi connectivity index (χ4n) is 2.20. The first-order valence-electron chi connectivity index (χ1n) is 7.36. The summed E-state index contributed by atoms with van der Waals surface area (Å²) in [6.07, 6.45) is 1.91. The van der Waals surface area contributed by atoms with Crippen LogP contribution in [-0.4, -0.2) is 22.0 Å². The molecule has 6 nitrogen and oxygen atoms in total. The van der Waals surface area contributed by atoms with Crippen LogP contribution in [-0.2, 0) is 16.0 Å². The number of imidazole rings is 1. The van der Waals surface area contributed by atoms with Crippen LogP contribution in [0.2, 0.25) is 0 Å². The summed E-state index contributed by atoms with van der Waals surface area (Å²) in [5.74, 6) is 0.213. The van der Waals surface area contributed by atoms with E-state index in [9.17, 15) is 4.79 Å². The number of carbonyl (C=O) groups excluding carboxylic acids is 1. The van der Waals surface area contributed by atoms with Crippen LogP contribution in [0.5, 0.6) is 0 Å². The smallest absolute Gasteiger partial charge is 0.312 e. The second kappa shape index (κ2) is 6.83. The van der Waals surface area contributed by atoms with Crippen LogP contribution in [0.3, 0.4) is 0 Å². The SMILES string of the molecule is CCOC(=O)Cc1nc2ccccn2c1N=Nc1ccccc1. The lowest BCUT2D eigenvalue weighted by Gasteiger charge is -2.00. The molecule has 1 aromatic carbocycles. The molecule has 0 aliphatic carbocycles. The Morgan fingerprint density at radius 2 is 1.91 bits per heavy atom. The second-order valence-corrected chi connectivity index (χ2v) is 4.83. The topological polar surface area (TPSA) is 68.3 Å². The van der Waals surface area contributed by atoms with E-state index < -0.39 is 0 Å². The van der Waals surface area contributed by atoms with Crippen molar-refractivity contribution in [3.63, 3.8) is 0 Å². The Balaban J connectivity index is 1.99. The predicted molar refractivity (Wildman–Crippen MR) is 86.1 cm³/mol. The predicted octanol–water partition coefficient (Wildman–Crippen LogP) is 3.86. The number of hydrogen-bond acceptors (Lipinski definition) is 5. The molecule has 116 valence electrons. The summed E-state index contributed by atoms with van der Waals surface area (Å²) in [7, 11) is 0. The van der Waals surface area contributed by atoms with Crippen molar-refractivity contribution < 1.29 is 9.53 Å². The molecule has 3 rings (SSSR count). The quantitative estimate of drug-likeness (QED) is 0.531. The number of azo groups is 1. The zero-order chi connectivity index (χ0) is 16.1. The average molecular weight is 308 g/mol. The maximum absolute atomic E-state index is 11.8. The molecule has 0 bridgehead atoms. The van der Waals surface area contributed by atoms with E-state index in [0.717, 1.165) is 5.69 Å². The second-order valence-electron chi connectivity index (χ2n) is 4.83. The van der Waals surface area contributed by atoms with E-state index in [1.807, 2.05) is 54.7 Å². The van der Waals surface area contributed by atoms with Crippen molar-refractivity contribution in [1.82, 2.24) is 9.38 Å². The summed E-state index contributed by atoms with van der Waals surface area (Å²) >= 11 is 0. The minimum Gasteiger partial charge on any atom is -0.466 e. The molecule has 0 saturated heterocycles. The van der Waals surface area contributed by atoms with Gasteiger partial charge in [0.2, 0.25) is 0 Å². The van der Waals surface area contributed by atoms with Crippen molar-refractivity contribution in [2.24, 2.45) is 10.2 Å². The third-order valence-electron chi connectivity index (χ3n) is 3.21. The summed E-state index contributed by atoms with van der Waals surface area (Å²) in [6.45, 7) is 2.12. The maximum Gasteiger partial charge on any atom is 0.312 e. The zero-order valence-electron chi connectivity index (χ0n) is 12.7. The van der Waals surface area contributed by atoms with Gasteiger partial charge in [0.1, 0.15) is 5.65 Å². The first kappa shape index (κ1) is 14.9. The van der Waals surface area contributed by atoms with Crippen LogP contribution in [0.1, 0.15) is 12.6 Å². The lowest BCUT2D eigenvalue weighted by molar-refractivity contribution is -0.142. The average Bonchev–Trinajstić information content (AvgIpc) is 2.91. The Bertz CT molecular complexity index is 840. The summed E-state index contributed by atoms with van der Waals surface area (Å²) in [5.41, 5.74) is 2.00. The van der Waals surface area contributed by atoms with Gasteiger partial charge in [0.15, 0.2) is 5.82 Å². The van der Waals surface area contributed by atoms with E-state index in [2.05, 4.69) is 15.2 Å². The minimum absolute atomic E-state index is 0.0681. The first-order chi connectivity index (χ1) is 11.3. The van der Waals surface area contributed by atoms with Gasteiger partial charge in [-0.2, -0.15) is 0 Å². The number of aromatic nitrogens is 2. The van der Waals surface area contributed by atoms with Gasteiger partial charge in [-0.25, -0.2) is 4.98 Å². The lowest BCUT2D eigenvalue weighted by atomic mass is 10.3. The molecule has 6 heteroatoms. The normalized spacial score (nSPS) is 11.2. The third kappa shape index (κ3) is 3.42. The monoisotopic (exact) mass is 308 g/mol. The van der Waals surface area contributed by atoms with Gasteiger partial charge in [0.05, 0.1) is 24.4 Å². The number of rotatable bonds is 5. The van der Waals surface area contributed by atoms with E-state index in [4.69, 9.17) is 4.74 Å². The molecule has 0 atom stereocenters. The molecule has 0 spiro atoms. The molecule has 0 aliphatic heterocycles. The van der Waals surface area contributed by atoms with Gasteiger partial charge in [-0.15, -0.1) is 10.2 Å². The van der Waals surface area contributed by atoms with Gasteiger partial charge in [-0.1, -0.05) is 24.3 Å². The molecule has 0 N–H and O–H groups in total. The fourth-order valence-corrected chi connectivity index (χ4v) is 2.20. The van der Waals surface area contributed by atoms with Crippen LogP contribution in [0, 0.1) is 0 Å². The van der Waals surface area contributed by atoms with Gasteiger partial charge < -0.3 is 4.74 Å². The highest BCUT2D eigenvalue weighted by Crippen LogP contribution is 2.24. The van der Waals surface area contributed by atoms with Crippen molar-refractivity contribution >= 4 is 23.1 Å². The summed E-state index contributed by atoms with van der Waals surface area (Å²) < 4.78 is 6.81. The van der Waals surface area contributed by atoms with E-state index in [-0.39, 0.29) is 12.4 Å². The Labute approximate surface area is 133 Å². The van der Waals surface area contributed by atoms with Crippen molar-refractivity contribution in [2.75, 3.05) is 6.61 Å². The van der Waals surface area contributed by atoms with E-state index in [0.29, 0.717) is 23.8 Å². The molecule has 0 radical (unpaired) electrons. The maximum atomic E-state index is 11.8. The van der Waals surface area contributed by atoms with Gasteiger partial charge in [-0.05, 0) is 31.2 Å². The van der Waals surface area contributed by atoms with Crippen molar-refractivity contribution in [3.8, 4) is 0 Å². The van der Waals surface area contributed by atoms with Crippen LogP contribution < -0.4 is 0 Å². The zero-order valence-corrected chi connectivity index (χ0v) is 12.7. The number of nitrogens with zero attached hydrogens (tertiary/aromatic N) is 4. The third-order valence-corrected chi connectivity index (χ3v) is 3.21. The number of hydrogen-bond donors (Lipinski definition) is 0. The molecule has 2 aromatic heterocycles. The number of esters is 1. The van der Waals surface area contributed by atoms with Crippen molar-refractivity contribution in [1.29, 1.82) is 0 Å². The van der Waals surface area contributed by atoms with E-state index >= 15 is 0 Å². The first-order valence-corrected chi connectivity index (χ1v) is 7.36. The molecule has 0 aliphatic rings. The van der Waals surface area contributed by atoms with Crippen molar-refractivity contribution in [3.05, 3.63) is 60.4 Å². The molecular formula is C17H16N4O2. The van der Waals surface area contributed by atoms with E-state index in [1.54, 1.807) is 11.3 Å². The van der Waals surface area contributed by atoms with E-state index in [1.165, 1.54) is 0 Å². The highest BCUT2D eigenvalue weighted by molar-refractivity contribution is 5.74. The Kier molecular flexibility index (Phi) is 4.42. The van der Waals surface area contributed by atoms with Gasteiger partial charge in [0.25, 0.3) is 0 Å². The number of fused-ring (bicyclic) bond motifs is 1. The van der Waals surface area contributed by atoms with Crippen LogP contribution in [0.25, 0.3) is 5.65 Å². The molecule has 3 aromatic rings. The highest BCUT2D eigenvalue weighted by Gasteiger charge is 2.15. The molecular weight excluding hydrogens is 292 g/mol. The van der Waals surface area contributed by atoms with Crippen LogP contribution in [0.15, 0.2) is 65.0 Å². The number of pyridine rings is 1. The highest BCUT2D eigenvalue weighted by atomic mass is 16.5. The minimum atomic E-state index is -0.327. The summed E-state index contributed by atoms with van der Waals surface area (Å²) in [6, 6.07) is 15.0. The van der Waals surface area contributed by atoms with Crippen LogP contribution >= 0.6 is 0 Å². The summed E-state index contributed by atoms with van der Waals surface area (Å²) in [4.78, 5) is 16.2. The van der Waals surface area contributed by atoms with Gasteiger partial charge in [0, 0.05) is 6.20 Å². The molecule has 0 fully saturated rings. The molecule has 0 saturated carbocycles. The lowest BCUT2D eigenvalue weighted by Crippen LogP contribution is -2.07. The molecule has 23 heavy (non-hydrogen) atoms. The molecule has 0 amide bonds. The van der Waals surface area contributed by atoms with Crippen molar-refractivity contribution in [2.45, 2.75) is 13.3 Å². The Morgan fingerprint density at radius 1 is 1.13 bits per heavy atom.